The molecule has 0 rings (SSSR count). The molecule has 0 aliphatic carbocycles. The van der Waals surface area contributed by atoms with Crippen molar-refractivity contribution in [3.05, 3.63) is 0 Å². The predicted octanol–water partition coefficient (Wildman–Crippen LogP) is 18.0. The topological polar surface area (TPSA) is 55.8 Å². The highest BCUT2D eigenvalue weighted by molar-refractivity contribution is 7.75. The molecule has 0 fully saturated rings. The maximum absolute atomic E-state index is 11.9. The van der Waals surface area contributed by atoms with Gasteiger partial charge >= 0.3 is 7.82 Å². The van der Waals surface area contributed by atoms with Gasteiger partial charge in [-0.15, -0.1) is 0 Å². The second kappa shape index (κ2) is 43.1. The Morgan fingerprint density at radius 1 is 0.389 bits per heavy atom. The zero-order valence-corrected chi connectivity index (χ0v) is 40.4. The largest absolute Gasteiger partial charge is 0.472 e. The molecular weight excluding hydrogens is 702 g/mol. The third-order valence-electron chi connectivity index (χ3n) is 12.0. The zero-order chi connectivity index (χ0) is 40.4. The van der Waals surface area contributed by atoms with Crippen LogP contribution in [0.5, 0.6) is 0 Å². The van der Waals surface area contributed by atoms with Crippen LogP contribution in [0.15, 0.2) is 0 Å². The number of phosphoric acid groups is 1. The van der Waals surface area contributed by atoms with Gasteiger partial charge in [-0.3, -0.25) is 9.05 Å². The van der Waals surface area contributed by atoms with Crippen molar-refractivity contribution in [2.24, 2.45) is 11.8 Å². The van der Waals surface area contributed by atoms with Gasteiger partial charge in [-0.2, -0.15) is 0 Å². The van der Waals surface area contributed by atoms with Crippen LogP contribution in [0.25, 0.3) is 0 Å². The lowest BCUT2D eigenvalue weighted by atomic mass is 10.0. The molecule has 0 aromatic carbocycles. The summed E-state index contributed by atoms with van der Waals surface area (Å²) < 4.78 is 22.2. The molecule has 2 atom stereocenters. The molecule has 328 valence electrons. The molecule has 0 spiro atoms. The van der Waals surface area contributed by atoms with Crippen molar-refractivity contribution in [3.8, 4) is 0 Å². The molecule has 0 aromatic rings. The molecule has 0 saturated carbocycles. The highest BCUT2D eigenvalue weighted by Crippen LogP contribution is 2.61. The Labute approximate surface area is 343 Å². The highest BCUT2D eigenvalue weighted by Gasteiger charge is 2.35. The van der Waals surface area contributed by atoms with Crippen LogP contribution in [-0.2, 0) is 13.6 Å². The van der Waals surface area contributed by atoms with Crippen LogP contribution in [0.1, 0.15) is 261 Å². The van der Waals surface area contributed by atoms with Crippen LogP contribution >= 0.6 is 15.1 Å². The summed E-state index contributed by atoms with van der Waals surface area (Å²) in [5.41, 5.74) is 0. The predicted molar refractivity (Wildman–Crippen MR) is 248 cm³/mol. The minimum Gasteiger partial charge on any atom is -0.302 e. The van der Waals surface area contributed by atoms with Crippen molar-refractivity contribution in [1.29, 1.82) is 0 Å². The summed E-state index contributed by atoms with van der Waals surface area (Å²) in [4.78, 5) is 9.77. The van der Waals surface area contributed by atoms with Gasteiger partial charge in [0.15, 0.2) is 0 Å². The molecule has 0 radical (unpaired) electrons. The van der Waals surface area contributed by atoms with Gasteiger partial charge in [0, 0.05) is 7.26 Å². The average Bonchev–Trinajstić information content (AvgIpc) is 3.17. The van der Waals surface area contributed by atoms with E-state index < -0.39 is 15.1 Å². The number of phosphoric ester groups is 1. The average molecular weight is 806 g/mol. The van der Waals surface area contributed by atoms with Crippen LogP contribution in [0.2, 0.25) is 0 Å². The first kappa shape index (κ1) is 56.6. The third-order valence-corrected chi connectivity index (χ3v) is 18.0. The SMILES string of the molecule is CCCCC(CC)COP(=O)(O)OCC(CC)CCCC.CCCCCCCCCCCCCC[P+](CCCCCC)(CCCCCC)CCCCCC. The second-order valence-corrected chi connectivity index (χ2v) is 23.1. The van der Waals surface area contributed by atoms with E-state index in [9.17, 15) is 9.46 Å². The molecule has 54 heavy (non-hydrogen) atoms. The van der Waals surface area contributed by atoms with E-state index in [0.717, 1.165) is 51.4 Å². The second-order valence-electron chi connectivity index (χ2n) is 17.2. The number of rotatable bonds is 42. The summed E-state index contributed by atoms with van der Waals surface area (Å²) in [6.45, 7) is 18.5. The molecule has 0 bridgehead atoms. The number of unbranched alkanes of at least 4 members (excludes halogenated alkanes) is 22. The van der Waals surface area contributed by atoms with E-state index in [1.165, 1.54) is 128 Å². The Balaban J connectivity index is 0. The number of hydrogen-bond acceptors (Lipinski definition) is 3. The van der Waals surface area contributed by atoms with Crippen LogP contribution in [-0.4, -0.2) is 42.8 Å². The van der Waals surface area contributed by atoms with Gasteiger partial charge in [-0.25, -0.2) is 4.57 Å². The van der Waals surface area contributed by atoms with Crippen molar-refractivity contribution in [1.82, 2.24) is 0 Å². The lowest BCUT2D eigenvalue weighted by molar-refractivity contribution is 0.110. The molecule has 0 aromatic heterocycles. The Kier molecular flexibility index (Phi) is 45.2. The van der Waals surface area contributed by atoms with E-state index in [2.05, 4.69) is 55.4 Å². The third kappa shape index (κ3) is 38.1. The molecular formula is C48H103O4P2+. The Morgan fingerprint density at radius 2 is 0.630 bits per heavy atom. The molecule has 2 unspecified atom stereocenters. The summed E-state index contributed by atoms with van der Waals surface area (Å²) in [5, 5.41) is 0. The standard InChI is InChI=1S/C32H68P.C16H35O4P/c1-5-9-13-17-18-19-20-21-22-23-24-28-32-33(29-25-14-10-6-2,30-26-15-11-7-3)31-27-16-12-8-4;1-5-9-11-15(7-3)13-19-21(17,18)20-14-16(8-4)12-10-6-2/h5-32H2,1-4H3;15-16H,5-14H2,1-4H3,(H,17,18)/q+1;. The van der Waals surface area contributed by atoms with Gasteiger partial charge in [-0.1, -0.05) is 197 Å². The van der Waals surface area contributed by atoms with Gasteiger partial charge in [0.1, 0.15) is 0 Å². The van der Waals surface area contributed by atoms with Crippen LogP contribution in [0.3, 0.4) is 0 Å². The summed E-state index contributed by atoms with van der Waals surface area (Å²) in [5.74, 6) is 0.687. The Bertz CT molecular complexity index is 708. The van der Waals surface area contributed by atoms with Crippen LogP contribution in [0.4, 0.5) is 0 Å². The van der Waals surface area contributed by atoms with Crippen LogP contribution in [0, 0.1) is 11.8 Å². The van der Waals surface area contributed by atoms with Crippen molar-refractivity contribution in [2.45, 2.75) is 261 Å². The fraction of sp³-hybridized carbons (Fsp3) is 1.00. The first-order valence-corrected chi connectivity index (χ1v) is 28.7. The highest BCUT2D eigenvalue weighted by atomic mass is 31.2. The minimum atomic E-state index is -3.89. The lowest BCUT2D eigenvalue weighted by Crippen LogP contribution is -2.13. The molecule has 0 aliphatic heterocycles. The normalized spacial score (nSPS) is 14.1. The molecule has 1 N–H and O–H groups in total. The smallest absolute Gasteiger partial charge is 0.302 e. The van der Waals surface area contributed by atoms with E-state index in [4.69, 9.17) is 9.05 Å². The number of hydrogen-bond donors (Lipinski definition) is 1. The van der Waals surface area contributed by atoms with E-state index in [1.807, 2.05) is 0 Å². The van der Waals surface area contributed by atoms with Gasteiger partial charge in [-0.05, 0) is 76.0 Å². The fourth-order valence-electron chi connectivity index (χ4n) is 7.81. The zero-order valence-electron chi connectivity index (χ0n) is 38.6. The van der Waals surface area contributed by atoms with Crippen molar-refractivity contribution < 1.29 is 18.5 Å². The first-order valence-electron chi connectivity index (χ1n) is 24.7. The quantitative estimate of drug-likeness (QED) is 0.0493. The summed E-state index contributed by atoms with van der Waals surface area (Å²) >= 11 is 0. The summed E-state index contributed by atoms with van der Waals surface area (Å²) in [6.07, 6.45) is 50.6. The van der Waals surface area contributed by atoms with Crippen molar-refractivity contribution in [3.63, 3.8) is 0 Å². The van der Waals surface area contributed by atoms with Gasteiger partial charge in [0.2, 0.25) is 0 Å². The minimum absolute atomic E-state index is 0.316. The first-order chi connectivity index (χ1) is 26.2. The van der Waals surface area contributed by atoms with E-state index in [1.54, 1.807) is 50.3 Å². The molecule has 4 nitrogen and oxygen atoms in total. The summed E-state index contributed by atoms with van der Waals surface area (Å²) in [6, 6.07) is 0. The molecule has 0 aliphatic rings. The van der Waals surface area contributed by atoms with Crippen LogP contribution < -0.4 is 0 Å². The van der Waals surface area contributed by atoms with Gasteiger partial charge in [0.25, 0.3) is 0 Å². The Hall–Kier alpha value is 0.540. The molecule has 0 saturated heterocycles. The molecule has 0 amide bonds. The van der Waals surface area contributed by atoms with E-state index in [0.29, 0.717) is 25.0 Å². The van der Waals surface area contributed by atoms with Gasteiger partial charge < -0.3 is 4.89 Å². The maximum atomic E-state index is 11.9. The monoisotopic (exact) mass is 806 g/mol. The maximum Gasteiger partial charge on any atom is 0.472 e. The molecule has 6 heteroatoms. The fourth-order valence-corrected chi connectivity index (χ4v) is 13.6. The van der Waals surface area contributed by atoms with Gasteiger partial charge in [0.05, 0.1) is 37.9 Å². The Morgan fingerprint density at radius 3 is 0.889 bits per heavy atom. The van der Waals surface area contributed by atoms with Crippen molar-refractivity contribution in [2.75, 3.05) is 37.9 Å². The summed E-state index contributed by atoms with van der Waals surface area (Å²) in [7, 11) is -4.59. The lowest BCUT2D eigenvalue weighted by Gasteiger charge is -2.28. The van der Waals surface area contributed by atoms with E-state index >= 15 is 0 Å². The van der Waals surface area contributed by atoms with Crippen molar-refractivity contribution >= 4 is 15.1 Å². The van der Waals surface area contributed by atoms with E-state index in [-0.39, 0.29) is 0 Å². The molecule has 0 heterocycles.